The van der Waals surface area contributed by atoms with Gasteiger partial charge in [-0.3, -0.25) is 24.2 Å². The first-order chi connectivity index (χ1) is 18.6. The fourth-order valence-corrected chi connectivity index (χ4v) is 3.83. The van der Waals surface area contributed by atoms with E-state index in [0.717, 1.165) is 31.2 Å². The molecule has 3 N–H and O–H groups in total. The van der Waals surface area contributed by atoms with E-state index in [1.165, 1.54) is 5.56 Å². The van der Waals surface area contributed by atoms with Crippen molar-refractivity contribution in [2.45, 2.75) is 107 Å². The lowest BCUT2D eigenvalue weighted by Crippen LogP contribution is -2.48. The van der Waals surface area contributed by atoms with Crippen LogP contribution < -0.4 is 0 Å². The Morgan fingerprint density at radius 2 is 1.23 bits per heavy atom. The predicted molar refractivity (Wildman–Crippen MR) is 162 cm³/mol. The number of hydrogen-bond acceptors (Lipinski definition) is 5. The van der Waals surface area contributed by atoms with Gasteiger partial charge in [0, 0.05) is 19.0 Å². The van der Waals surface area contributed by atoms with E-state index >= 15 is 0 Å². The molecule has 0 heterocycles. The van der Waals surface area contributed by atoms with Crippen molar-refractivity contribution < 1.29 is 29.7 Å². The number of carbonyl (C=O) groups is 3. The van der Waals surface area contributed by atoms with E-state index in [0.29, 0.717) is 38.4 Å². The van der Waals surface area contributed by atoms with Gasteiger partial charge >= 0.3 is 17.9 Å². The SMILES string of the molecule is CC.CC.CCC(C)CC(=O)O.CCCN(CC(=O)O)CC(Cc1ccc(CC)cc1)N(CCC)CC(=O)O. The molecule has 228 valence electrons. The summed E-state index contributed by atoms with van der Waals surface area (Å²) in [5.74, 6) is -2.07. The summed E-state index contributed by atoms with van der Waals surface area (Å²) in [6.07, 6.45) is 4.65. The number of rotatable bonds is 17. The standard InChI is InChI=1S/C21H34N2O4.C6H12O2.2C2H6/c1-4-11-22(15-20(24)25)14-19(23(12-5-2)16-21(26)27)13-18-9-7-17(6-3)8-10-18;1-3-5(2)4-6(7)8;2*1-2/h7-10,19H,4-6,11-16H2,1-3H3,(H,24,25)(H,26,27);5H,3-4H2,1-2H3,(H,7,8);2*1-2H3. The lowest BCUT2D eigenvalue weighted by Gasteiger charge is -2.34. The maximum Gasteiger partial charge on any atom is 0.317 e. The predicted octanol–water partition coefficient (Wildman–Crippen LogP) is 6.31. The lowest BCUT2D eigenvalue weighted by atomic mass is 10.0. The first-order valence-electron chi connectivity index (χ1n) is 14.8. The molecule has 1 rings (SSSR count). The lowest BCUT2D eigenvalue weighted by molar-refractivity contribution is -0.141. The summed E-state index contributed by atoms with van der Waals surface area (Å²) in [4.78, 5) is 36.4. The topological polar surface area (TPSA) is 118 Å². The third-order valence-corrected chi connectivity index (χ3v) is 5.86. The van der Waals surface area contributed by atoms with E-state index in [4.69, 9.17) is 5.11 Å². The van der Waals surface area contributed by atoms with E-state index in [9.17, 15) is 24.6 Å². The average molecular weight is 555 g/mol. The molecular formula is C31H58N2O6. The third-order valence-electron chi connectivity index (χ3n) is 5.86. The van der Waals surface area contributed by atoms with Crippen LogP contribution in [0.5, 0.6) is 0 Å². The molecule has 0 fully saturated rings. The van der Waals surface area contributed by atoms with Crippen LogP contribution in [0.15, 0.2) is 24.3 Å². The minimum absolute atomic E-state index is 0.0217. The second kappa shape index (κ2) is 27.1. The van der Waals surface area contributed by atoms with Crippen molar-refractivity contribution in [2.24, 2.45) is 5.92 Å². The summed E-state index contributed by atoms with van der Waals surface area (Å²) in [6.45, 7) is 20.0. The number of hydrogen-bond donors (Lipinski definition) is 3. The summed E-state index contributed by atoms with van der Waals surface area (Å²) in [7, 11) is 0. The van der Waals surface area contributed by atoms with E-state index in [1.807, 2.05) is 65.2 Å². The second-order valence-corrected chi connectivity index (χ2v) is 9.13. The fraction of sp³-hybridized carbons (Fsp3) is 0.710. The van der Waals surface area contributed by atoms with E-state index in [2.05, 4.69) is 31.2 Å². The molecule has 8 nitrogen and oxygen atoms in total. The first kappa shape index (κ1) is 41.0. The van der Waals surface area contributed by atoms with Gasteiger partial charge < -0.3 is 15.3 Å². The van der Waals surface area contributed by atoms with E-state index < -0.39 is 17.9 Å². The van der Waals surface area contributed by atoms with Gasteiger partial charge in [0.1, 0.15) is 0 Å². The molecule has 0 radical (unpaired) electrons. The summed E-state index contributed by atoms with van der Waals surface area (Å²) in [5.41, 5.74) is 2.42. The van der Waals surface area contributed by atoms with Crippen LogP contribution in [-0.2, 0) is 27.2 Å². The highest BCUT2D eigenvalue weighted by molar-refractivity contribution is 5.69. The van der Waals surface area contributed by atoms with Gasteiger partial charge in [0.25, 0.3) is 0 Å². The number of aryl methyl sites for hydroxylation is 1. The highest BCUT2D eigenvalue weighted by Gasteiger charge is 2.24. The van der Waals surface area contributed by atoms with Crippen molar-refractivity contribution in [2.75, 3.05) is 32.7 Å². The van der Waals surface area contributed by atoms with Crippen molar-refractivity contribution in [1.29, 1.82) is 0 Å². The highest BCUT2D eigenvalue weighted by Crippen LogP contribution is 2.14. The minimum Gasteiger partial charge on any atom is -0.481 e. The smallest absolute Gasteiger partial charge is 0.317 e. The van der Waals surface area contributed by atoms with Crippen molar-refractivity contribution in [3.05, 3.63) is 35.4 Å². The normalized spacial score (nSPS) is 11.7. The minimum atomic E-state index is -0.852. The van der Waals surface area contributed by atoms with Crippen LogP contribution in [0.1, 0.15) is 99.1 Å². The van der Waals surface area contributed by atoms with Crippen LogP contribution in [0.3, 0.4) is 0 Å². The zero-order valence-electron chi connectivity index (χ0n) is 26.2. The molecule has 0 amide bonds. The molecule has 1 aromatic carbocycles. The van der Waals surface area contributed by atoms with Crippen LogP contribution >= 0.6 is 0 Å². The molecule has 2 atom stereocenters. The first-order valence-corrected chi connectivity index (χ1v) is 14.8. The molecule has 1 aromatic rings. The Morgan fingerprint density at radius 1 is 0.744 bits per heavy atom. The Balaban J connectivity index is -0.000000911. The van der Waals surface area contributed by atoms with Crippen LogP contribution in [0, 0.1) is 5.92 Å². The number of carboxylic acid groups (broad SMARTS) is 3. The number of carboxylic acids is 3. The van der Waals surface area contributed by atoms with Gasteiger partial charge in [0.15, 0.2) is 0 Å². The molecule has 2 unspecified atom stereocenters. The van der Waals surface area contributed by atoms with Crippen LogP contribution in [0.25, 0.3) is 0 Å². The van der Waals surface area contributed by atoms with Gasteiger partial charge in [-0.2, -0.15) is 0 Å². The molecule has 0 aliphatic rings. The Labute approximate surface area is 238 Å². The zero-order chi connectivity index (χ0) is 30.8. The molecule has 0 aliphatic carbocycles. The maximum absolute atomic E-state index is 11.4. The van der Waals surface area contributed by atoms with E-state index in [-0.39, 0.29) is 19.1 Å². The Bertz CT molecular complexity index is 739. The number of nitrogens with zero attached hydrogens (tertiary/aromatic N) is 2. The van der Waals surface area contributed by atoms with Gasteiger partial charge in [-0.25, -0.2) is 0 Å². The molecule has 0 saturated carbocycles. The van der Waals surface area contributed by atoms with Gasteiger partial charge in [-0.1, -0.05) is 93.0 Å². The largest absolute Gasteiger partial charge is 0.481 e. The Kier molecular flexibility index (Phi) is 28.5. The van der Waals surface area contributed by atoms with Gasteiger partial charge in [0.05, 0.1) is 13.1 Å². The number of aliphatic carboxylic acids is 3. The number of benzene rings is 1. The molecule has 0 spiro atoms. The summed E-state index contributed by atoms with van der Waals surface area (Å²) in [6, 6.07) is 8.36. The van der Waals surface area contributed by atoms with Gasteiger partial charge in [-0.15, -0.1) is 0 Å². The fourth-order valence-electron chi connectivity index (χ4n) is 3.83. The van der Waals surface area contributed by atoms with Gasteiger partial charge in [0.2, 0.25) is 0 Å². The third kappa shape index (κ3) is 23.2. The average Bonchev–Trinajstić information content (AvgIpc) is 2.90. The molecule has 0 saturated heterocycles. The summed E-state index contributed by atoms with van der Waals surface area (Å²) in [5, 5.41) is 26.8. The molecule has 8 heteroatoms. The monoisotopic (exact) mass is 554 g/mol. The Hall–Kier alpha value is -2.45. The van der Waals surface area contributed by atoms with Crippen molar-refractivity contribution >= 4 is 17.9 Å². The van der Waals surface area contributed by atoms with Crippen LogP contribution in [0.4, 0.5) is 0 Å². The second-order valence-electron chi connectivity index (χ2n) is 9.13. The summed E-state index contributed by atoms with van der Waals surface area (Å²) >= 11 is 0. The zero-order valence-corrected chi connectivity index (χ0v) is 26.2. The highest BCUT2D eigenvalue weighted by atomic mass is 16.4. The Morgan fingerprint density at radius 3 is 1.59 bits per heavy atom. The molecule has 0 aliphatic heterocycles. The quantitative estimate of drug-likeness (QED) is 0.205. The van der Waals surface area contributed by atoms with Crippen molar-refractivity contribution in [3.63, 3.8) is 0 Å². The van der Waals surface area contributed by atoms with Crippen molar-refractivity contribution in [3.8, 4) is 0 Å². The van der Waals surface area contributed by atoms with E-state index in [1.54, 1.807) is 0 Å². The van der Waals surface area contributed by atoms with Gasteiger partial charge in [-0.05, 0) is 55.8 Å². The van der Waals surface area contributed by atoms with Crippen LogP contribution in [-0.4, -0.2) is 81.8 Å². The molecule has 39 heavy (non-hydrogen) atoms. The maximum atomic E-state index is 11.4. The van der Waals surface area contributed by atoms with Crippen molar-refractivity contribution in [1.82, 2.24) is 9.80 Å². The van der Waals surface area contributed by atoms with Crippen LogP contribution in [0.2, 0.25) is 0 Å². The molecular weight excluding hydrogens is 496 g/mol. The molecule has 0 bridgehead atoms. The molecule has 0 aromatic heterocycles. The summed E-state index contributed by atoms with van der Waals surface area (Å²) < 4.78 is 0.